The molecule has 0 aromatic heterocycles. The van der Waals surface area contributed by atoms with Gasteiger partial charge in [-0.2, -0.15) is 0 Å². The van der Waals surface area contributed by atoms with Crippen molar-refractivity contribution in [3.63, 3.8) is 0 Å². The van der Waals surface area contributed by atoms with E-state index in [-0.39, 0.29) is 24.2 Å². The molecule has 2 aliphatic rings. The van der Waals surface area contributed by atoms with Crippen molar-refractivity contribution in [1.29, 1.82) is 0 Å². The van der Waals surface area contributed by atoms with E-state index in [0.717, 1.165) is 18.2 Å². The summed E-state index contributed by atoms with van der Waals surface area (Å²) in [7, 11) is 0. The summed E-state index contributed by atoms with van der Waals surface area (Å²) in [5.41, 5.74) is 5.75. The summed E-state index contributed by atoms with van der Waals surface area (Å²) in [6.45, 7) is 2.13. The highest BCUT2D eigenvalue weighted by molar-refractivity contribution is 8.13. The topological polar surface area (TPSA) is 47.6 Å². The van der Waals surface area contributed by atoms with E-state index in [2.05, 4.69) is 4.99 Å². The molecule has 4 rings (SSSR count). The van der Waals surface area contributed by atoms with Gasteiger partial charge in [-0.1, -0.05) is 17.8 Å². The molecule has 2 aliphatic heterocycles. The first-order valence-corrected chi connectivity index (χ1v) is 9.24. The molecule has 26 heavy (non-hydrogen) atoms. The third kappa shape index (κ3) is 2.70. The molecule has 7 heteroatoms. The predicted molar refractivity (Wildman–Crippen MR) is 96.4 cm³/mol. The number of benzene rings is 2. The third-order valence-corrected chi connectivity index (χ3v) is 6.05. The fourth-order valence-electron chi connectivity index (χ4n) is 3.74. The number of aliphatic imine (C=N–C) groups is 1. The van der Waals surface area contributed by atoms with Gasteiger partial charge >= 0.3 is 0 Å². The smallest absolute Gasteiger partial charge is 0.154 e. The number of fused-ring (bicyclic) bond motifs is 1. The SMILES string of the molecule is C[C@H]1OC[C@]2(c3cc(-c4cc(F)ccc4F)ccc3F)N=C(N)SC[C@H]12. The van der Waals surface area contributed by atoms with Crippen LogP contribution in [0.15, 0.2) is 41.4 Å². The minimum atomic E-state index is -0.946. The standard InChI is InChI=1S/C19H17F3N2OS/c1-10-15-8-26-18(23)24-19(15,9-25-10)14-6-11(2-4-17(14)22)13-7-12(20)3-5-16(13)21/h2-7,10,15H,8-9H2,1H3,(H2,23,24)/t10-,15-,19-/m1/s1. The lowest BCUT2D eigenvalue weighted by atomic mass is 9.78. The van der Waals surface area contributed by atoms with Crippen LogP contribution in [0.4, 0.5) is 13.2 Å². The number of rotatable bonds is 2. The van der Waals surface area contributed by atoms with Gasteiger partial charge in [-0.05, 0) is 42.8 Å². The Bertz CT molecular complexity index is 904. The summed E-state index contributed by atoms with van der Waals surface area (Å²) < 4.78 is 48.3. The normalized spacial score (nSPS) is 27.9. The van der Waals surface area contributed by atoms with Crippen LogP contribution in [-0.4, -0.2) is 23.6 Å². The van der Waals surface area contributed by atoms with Crippen molar-refractivity contribution in [3.05, 3.63) is 59.4 Å². The Kier molecular flexibility index (Phi) is 4.23. The van der Waals surface area contributed by atoms with Crippen LogP contribution in [0.3, 0.4) is 0 Å². The van der Waals surface area contributed by atoms with Gasteiger partial charge < -0.3 is 10.5 Å². The second-order valence-electron chi connectivity index (χ2n) is 6.63. The van der Waals surface area contributed by atoms with Gasteiger partial charge in [-0.3, -0.25) is 0 Å². The number of nitrogens with two attached hydrogens (primary N) is 1. The molecular formula is C19H17F3N2OS. The van der Waals surface area contributed by atoms with Crippen LogP contribution in [0.1, 0.15) is 12.5 Å². The number of thioether (sulfide) groups is 1. The molecule has 0 bridgehead atoms. The first-order chi connectivity index (χ1) is 12.4. The molecule has 2 N–H and O–H groups in total. The van der Waals surface area contributed by atoms with Crippen LogP contribution in [0.2, 0.25) is 0 Å². The molecule has 2 heterocycles. The largest absolute Gasteiger partial charge is 0.379 e. The molecule has 0 aliphatic carbocycles. The molecule has 1 fully saturated rings. The molecule has 136 valence electrons. The van der Waals surface area contributed by atoms with Crippen LogP contribution in [0.5, 0.6) is 0 Å². The number of amidine groups is 1. The summed E-state index contributed by atoms with van der Waals surface area (Å²) in [5, 5.41) is 0.376. The molecule has 0 saturated carbocycles. The van der Waals surface area contributed by atoms with Crippen LogP contribution in [-0.2, 0) is 10.3 Å². The van der Waals surface area contributed by atoms with Crippen molar-refractivity contribution < 1.29 is 17.9 Å². The van der Waals surface area contributed by atoms with E-state index in [1.165, 1.54) is 30.0 Å². The Balaban J connectivity index is 1.89. The summed E-state index contributed by atoms with van der Waals surface area (Å²) in [5.74, 6) is -0.985. The molecule has 2 aromatic carbocycles. The lowest BCUT2D eigenvalue weighted by Gasteiger charge is -2.35. The quantitative estimate of drug-likeness (QED) is 0.857. The van der Waals surface area contributed by atoms with E-state index in [1.807, 2.05) is 6.92 Å². The van der Waals surface area contributed by atoms with Crippen molar-refractivity contribution in [2.75, 3.05) is 12.4 Å². The maximum absolute atomic E-state index is 14.8. The predicted octanol–water partition coefficient (Wildman–Crippen LogP) is 4.06. The first kappa shape index (κ1) is 17.4. The molecule has 0 radical (unpaired) electrons. The van der Waals surface area contributed by atoms with Crippen molar-refractivity contribution in [1.82, 2.24) is 0 Å². The summed E-state index contributed by atoms with van der Waals surface area (Å²) in [6.07, 6.45) is -0.103. The lowest BCUT2D eigenvalue weighted by molar-refractivity contribution is 0.107. The van der Waals surface area contributed by atoms with Crippen LogP contribution < -0.4 is 5.73 Å². The molecular weight excluding hydrogens is 361 g/mol. The lowest BCUT2D eigenvalue weighted by Crippen LogP contribution is -2.41. The van der Waals surface area contributed by atoms with Gasteiger partial charge in [-0.15, -0.1) is 0 Å². The Morgan fingerprint density at radius 1 is 1.15 bits per heavy atom. The second-order valence-corrected chi connectivity index (χ2v) is 7.67. The Labute approximate surface area is 153 Å². The minimum absolute atomic E-state index is 0.0538. The number of halogens is 3. The summed E-state index contributed by atoms with van der Waals surface area (Å²) in [4.78, 5) is 4.56. The molecule has 3 atom stereocenters. The van der Waals surface area contributed by atoms with Crippen LogP contribution in [0.25, 0.3) is 11.1 Å². The van der Waals surface area contributed by atoms with Gasteiger partial charge in [0.25, 0.3) is 0 Å². The van der Waals surface area contributed by atoms with Crippen molar-refractivity contribution in [2.24, 2.45) is 16.6 Å². The Morgan fingerprint density at radius 3 is 2.73 bits per heavy atom. The number of hydrogen-bond donors (Lipinski definition) is 1. The fraction of sp³-hybridized carbons (Fsp3) is 0.316. The number of ether oxygens (including phenoxy) is 1. The molecule has 2 aromatic rings. The minimum Gasteiger partial charge on any atom is -0.379 e. The summed E-state index contributed by atoms with van der Waals surface area (Å²) in [6, 6.07) is 7.44. The van der Waals surface area contributed by atoms with E-state index in [0.29, 0.717) is 22.0 Å². The van der Waals surface area contributed by atoms with Gasteiger partial charge in [0.2, 0.25) is 0 Å². The molecule has 0 amide bonds. The first-order valence-electron chi connectivity index (χ1n) is 8.26. The van der Waals surface area contributed by atoms with Gasteiger partial charge in [-0.25, -0.2) is 18.2 Å². The Morgan fingerprint density at radius 2 is 1.92 bits per heavy atom. The van der Waals surface area contributed by atoms with Crippen LogP contribution >= 0.6 is 11.8 Å². The van der Waals surface area contributed by atoms with Gasteiger partial charge in [0.15, 0.2) is 5.17 Å². The second kappa shape index (κ2) is 6.32. The highest BCUT2D eigenvalue weighted by Gasteiger charge is 2.52. The zero-order chi connectivity index (χ0) is 18.5. The number of hydrogen-bond acceptors (Lipinski definition) is 4. The Hall–Kier alpha value is -1.99. The maximum Gasteiger partial charge on any atom is 0.154 e. The van der Waals surface area contributed by atoms with E-state index in [1.54, 1.807) is 0 Å². The zero-order valence-corrected chi connectivity index (χ0v) is 14.8. The summed E-state index contributed by atoms with van der Waals surface area (Å²) >= 11 is 1.42. The zero-order valence-electron chi connectivity index (χ0n) is 14.0. The average Bonchev–Trinajstić information content (AvgIpc) is 2.94. The van der Waals surface area contributed by atoms with Crippen molar-refractivity contribution in [2.45, 2.75) is 18.6 Å². The molecule has 3 nitrogen and oxygen atoms in total. The van der Waals surface area contributed by atoms with Gasteiger partial charge in [0.05, 0.1) is 12.7 Å². The fourth-order valence-corrected chi connectivity index (χ4v) is 4.87. The van der Waals surface area contributed by atoms with E-state index >= 15 is 0 Å². The highest BCUT2D eigenvalue weighted by Crippen LogP contribution is 2.48. The van der Waals surface area contributed by atoms with E-state index in [9.17, 15) is 13.2 Å². The van der Waals surface area contributed by atoms with Crippen LogP contribution in [0, 0.1) is 23.4 Å². The maximum atomic E-state index is 14.8. The van der Waals surface area contributed by atoms with Crippen molar-refractivity contribution >= 4 is 16.9 Å². The van der Waals surface area contributed by atoms with Crippen molar-refractivity contribution in [3.8, 4) is 11.1 Å². The third-order valence-electron chi connectivity index (χ3n) is 5.14. The van der Waals surface area contributed by atoms with Gasteiger partial charge in [0, 0.05) is 22.8 Å². The molecule has 0 unspecified atom stereocenters. The monoisotopic (exact) mass is 378 g/mol. The number of nitrogens with zero attached hydrogens (tertiary/aromatic N) is 1. The van der Waals surface area contributed by atoms with Gasteiger partial charge in [0.1, 0.15) is 23.0 Å². The van der Waals surface area contributed by atoms with E-state index in [4.69, 9.17) is 10.5 Å². The molecule has 0 spiro atoms. The average molecular weight is 378 g/mol. The highest BCUT2D eigenvalue weighted by atomic mass is 32.2. The molecule has 1 saturated heterocycles. The van der Waals surface area contributed by atoms with E-state index < -0.39 is 23.0 Å².